The Kier molecular flexibility index (Phi) is 5.98. The summed E-state index contributed by atoms with van der Waals surface area (Å²) in [5, 5.41) is 8.61. The molecule has 5 nitrogen and oxygen atoms in total. The molecule has 0 radical (unpaired) electrons. The average Bonchev–Trinajstić information content (AvgIpc) is 2.38. The van der Waals surface area contributed by atoms with Crippen LogP contribution >= 0.6 is 0 Å². The van der Waals surface area contributed by atoms with Crippen molar-refractivity contribution in [2.45, 2.75) is 26.3 Å². The highest BCUT2D eigenvalue weighted by atomic mass is 32.2. The second-order valence-electron chi connectivity index (χ2n) is 4.22. The standard InChI is InChI=1S/C13H19NO4S/c1-2-19(17,18)14(10-6-9-13(15)16)11-12-7-4-3-5-8-12/h3-5,7-8H,2,6,9-11H2,1H3,(H,15,16). The molecule has 106 valence electrons. The highest BCUT2D eigenvalue weighted by molar-refractivity contribution is 7.89. The van der Waals surface area contributed by atoms with Crippen LogP contribution in [0.2, 0.25) is 0 Å². The largest absolute Gasteiger partial charge is 0.481 e. The summed E-state index contributed by atoms with van der Waals surface area (Å²) in [6.07, 6.45) is 0.298. The molecule has 0 spiro atoms. The van der Waals surface area contributed by atoms with Crippen LogP contribution in [0.5, 0.6) is 0 Å². The van der Waals surface area contributed by atoms with E-state index in [0.717, 1.165) is 5.56 Å². The van der Waals surface area contributed by atoms with Gasteiger partial charge in [-0.25, -0.2) is 8.42 Å². The van der Waals surface area contributed by atoms with Gasteiger partial charge in [-0.1, -0.05) is 30.3 Å². The van der Waals surface area contributed by atoms with Gasteiger partial charge >= 0.3 is 5.97 Å². The lowest BCUT2D eigenvalue weighted by atomic mass is 10.2. The molecule has 0 amide bonds. The van der Waals surface area contributed by atoms with Gasteiger partial charge in [-0.15, -0.1) is 0 Å². The van der Waals surface area contributed by atoms with Gasteiger partial charge < -0.3 is 5.11 Å². The van der Waals surface area contributed by atoms with E-state index >= 15 is 0 Å². The molecule has 0 aliphatic rings. The molecular weight excluding hydrogens is 266 g/mol. The van der Waals surface area contributed by atoms with Crippen LogP contribution in [-0.4, -0.2) is 36.1 Å². The fourth-order valence-corrected chi connectivity index (χ4v) is 2.81. The van der Waals surface area contributed by atoms with E-state index in [4.69, 9.17) is 5.11 Å². The minimum atomic E-state index is -3.32. The van der Waals surface area contributed by atoms with Gasteiger partial charge in [0.05, 0.1) is 5.75 Å². The van der Waals surface area contributed by atoms with Crippen molar-refractivity contribution < 1.29 is 18.3 Å². The molecule has 1 aromatic carbocycles. The van der Waals surface area contributed by atoms with Crippen LogP contribution in [-0.2, 0) is 21.4 Å². The zero-order valence-electron chi connectivity index (χ0n) is 10.9. The molecule has 0 fully saturated rings. The van der Waals surface area contributed by atoms with Gasteiger partial charge in [0, 0.05) is 19.5 Å². The minimum absolute atomic E-state index is 0.0207. The van der Waals surface area contributed by atoms with Crippen molar-refractivity contribution >= 4 is 16.0 Å². The monoisotopic (exact) mass is 285 g/mol. The molecule has 19 heavy (non-hydrogen) atoms. The third-order valence-corrected chi connectivity index (χ3v) is 4.59. The quantitative estimate of drug-likeness (QED) is 0.789. The van der Waals surface area contributed by atoms with E-state index < -0.39 is 16.0 Å². The molecular formula is C13H19NO4S. The zero-order chi connectivity index (χ0) is 14.3. The Hall–Kier alpha value is -1.40. The molecule has 0 aliphatic carbocycles. The first-order chi connectivity index (χ1) is 8.95. The van der Waals surface area contributed by atoms with Crippen LogP contribution < -0.4 is 0 Å². The first-order valence-corrected chi connectivity index (χ1v) is 7.80. The molecule has 1 aromatic rings. The number of carboxylic acid groups (broad SMARTS) is 1. The van der Waals surface area contributed by atoms with E-state index in [9.17, 15) is 13.2 Å². The number of carbonyl (C=O) groups is 1. The number of aliphatic carboxylic acids is 1. The molecule has 0 bridgehead atoms. The molecule has 0 aromatic heterocycles. The Morgan fingerprint density at radius 1 is 1.26 bits per heavy atom. The lowest BCUT2D eigenvalue weighted by molar-refractivity contribution is -0.137. The number of sulfonamides is 1. The Balaban J connectivity index is 2.73. The van der Waals surface area contributed by atoms with E-state index in [1.165, 1.54) is 4.31 Å². The highest BCUT2D eigenvalue weighted by Gasteiger charge is 2.20. The smallest absolute Gasteiger partial charge is 0.303 e. The van der Waals surface area contributed by atoms with Crippen LogP contribution in [0.3, 0.4) is 0 Å². The maximum atomic E-state index is 12.0. The molecule has 1 rings (SSSR count). The SMILES string of the molecule is CCS(=O)(=O)N(CCCC(=O)O)Cc1ccccc1. The van der Waals surface area contributed by atoms with Crippen LogP contribution in [0.15, 0.2) is 30.3 Å². The summed E-state index contributed by atoms with van der Waals surface area (Å²) in [6.45, 7) is 2.11. The van der Waals surface area contributed by atoms with Crippen molar-refractivity contribution in [1.82, 2.24) is 4.31 Å². The first-order valence-electron chi connectivity index (χ1n) is 6.19. The van der Waals surface area contributed by atoms with Crippen molar-refractivity contribution in [3.63, 3.8) is 0 Å². The van der Waals surface area contributed by atoms with Crippen molar-refractivity contribution in [2.75, 3.05) is 12.3 Å². The number of rotatable bonds is 8. The number of carboxylic acids is 1. The van der Waals surface area contributed by atoms with Crippen LogP contribution in [0.25, 0.3) is 0 Å². The second kappa shape index (κ2) is 7.25. The molecule has 1 N–H and O–H groups in total. The van der Waals surface area contributed by atoms with E-state index in [0.29, 0.717) is 6.42 Å². The summed E-state index contributed by atoms with van der Waals surface area (Å²) in [4.78, 5) is 10.5. The summed E-state index contributed by atoms with van der Waals surface area (Å²) in [5.41, 5.74) is 0.898. The van der Waals surface area contributed by atoms with Gasteiger partial charge in [0.2, 0.25) is 10.0 Å². The predicted molar refractivity (Wildman–Crippen MR) is 73.2 cm³/mol. The van der Waals surface area contributed by atoms with Crippen molar-refractivity contribution in [2.24, 2.45) is 0 Å². The molecule has 0 saturated carbocycles. The molecule has 0 unspecified atom stereocenters. The van der Waals surface area contributed by atoms with Gasteiger partial charge in [-0.3, -0.25) is 4.79 Å². The number of hydrogen-bond acceptors (Lipinski definition) is 3. The molecule has 0 atom stereocenters. The fraction of sp³-hybridized carbons (Fsp3) is 0.462. The minimum Gasteiger partial charge on any atom is -0.481 e. The molecule has 0 aliphatic heterocycles. The van der Waals surface area contributed by atoms with Crippen LogP contribution in [0, 0.1) is 0 Å². The summed E-state index contributed by atoms with van der Waals surface area (Å²) in [5.74, 6) is -0.888. The summed E-state index contributed by atoms with van der Waals surface area (Å²) in [6, 6.07) is 9.28. The van der Waals surface area contributed by atoms with E-state index in [2.05, 4.69) is 0 Å². The van der Waals surface area contributed by atoms with Crippen molar-refractivity contribution in [1.29, 1.82) is 0 Å². The third-order valence-electron chi connectivity index (χ3n) is 2.76. The maximum Gasteiger partial charge on any atom is 0.303 e. The van der Waals surface area contributed by atoms with Gasteiger partial charge in [0.15, 0.2) is 0 Å². The zero-order valence-corrected chi connectivity index (χ0v) is 11.8. The van der Waals surface area contributed by atoms with Gasteiger partial charge in [-0.05, 0) is 18.9 Å². The summed E-state index contributed by atoms with van der Waals surface area (Å²) >= 11 is 0. The van der Waals surface area contributed by atoms with E-state index in [1.807, 2.05) is 30.3 Å². The average molecular weight is 285 g/mol. The Bertz CT molecular complexity index is 499. The van der Waals surface area contributed by atoms with Gasteiger partial charge in [0.1, 0.15) is 0 Å². The maximum absolute atomic E-state index is 12.0. The van der Waals surface area contributed by atoms with Crippen molar-refractivity contribution in [3.8, 4) is 0 Å². The van der Waals surface area contributed by atoms with Crippen LogP contribution in [0.4, 0.5) is 0 Å². The topological polar surface area (TPSA) is 74.7 Å². The normalized spacial score (nSPS) is 11.7. The lowest BCUT2D eigenvalue weighted by Crippen LogP contribution is -2.33. The lowest BCUT2D eigenvalue weighted by Gasteiger charge is -2.21. The highest BCUT2D eigenvalue weighted by Crippen LogP contribution is 2.11. The molecule has 0 saturated heterocycles. The van der Waals surface area contributed by atoms with Crippen molar-refractivity contribution in [3.05, 3.63) is 35.9 Å². The van der Waals surface area contributed by atoms with E-state index in [1.54, 1.807) is 6.92 Å². The third kappa shape index (κ3) is 5.40. The molecule has 0 heterocycles. The number of nitrogens with zero attached hydrogens (tertiary/aromatic N) is 1. The second-order valence-corrected chi connectivity index (χ2v) is 6.47. The molecule has 6 heteroatoms. The Morgan fingerprint density at radius 2 is 1.89 bits per heavy atom. The Morgan fingerprint density at radius 3 is 2.42 bits per heavy atom. The van der Waals surface area contributed by atoms with E-state index in [-0.39, 0.29) is 25.3 Å². The predicted octanol–water partition coefficient (Wildman–Crippen LogP) is 1.70. The first kappa shape index (κ1) is 15.7. The van der Waals surface area contributed by atoms with Crippen LogP contribution in [0.1, 0.15) is 25.3 Å². The van der Waals surface area contributed by atoms with Gasteiger partial charge in [-0.2, -0.15) is 4.31 Å². The number of hydrogen-bond donors (Lipinski definition) is 1. The number of benzene rings is 1. The fourth-order valence-electron chi connectivity index (χ4n) is 1.69. The summed E-state index contributed by atoms with van der Waals surface area (Å²) < 4.78 is 25.3. The summed E-state index contributed by atoms with van der Waals surface area (Å²) in [7, 11) is -3.32. The van der Waals surface area contributed by atoms with Gasteiger partial charge in [0.25, 0.3) is 0 Å². The Labute approximate surface area is 113 Å².